The normalized spacial score (nSPS) is 15.6. The van der Waals surface area contributed by atoms with Gasteiger partial charge < -0.3 is 5.32 Å². The molecule has 7 nitrogen and oxygen atoms in total. The lowest BCUT2D eigenvalue weighted by Gasteiger charge is -2.31. The lowest BCUT2D eigenvalue weighted by Crippen LogP contribution is -2.39. The van der Waals surface area contributed by atoms with Gasteiger partial charge in [-0.15, -0.1) is 0 Å². The molecule has 0 radical (unpaired) electrons. The van der Waals surface area contributed by atoms with Crippen molar-refractivity contribution >= 4 is 33.3 Å². The molecule has 0 saturated carbocycles. The van der Waals surface area contributed by atoms with E-state index in [1.54, 1.807) is 6.07 Å². The van der Waals surface area contributed by atoms with E-state index >= 15 is 0 Å². The summed E-state index contributed by atoms with van der Waals surface area (Å²) < 4.78 is 28.1. The van der Waals surface area contributed by atoms with Crippen LogP contribution in [0.1, 0.15) is 34.5 Å². The number of nitrogens with one attached hydrogen (secondary N) is 2. The van der Waals surface area contributed by atoms with Gasteiger partial charge in [0.15, 0.2) is 5.82 Å². The second-order valence-corrected chi connectivity index (χ2v) is 10.4. The number of anilines is 1. The number of hydrogen-bond acceptors (Lipinski definition) is 4. The Hall–Kier alpha value is -2.68. The summed E-state index contributed by atoms with van der Waals surface area (Å²) in [6, 6.07) is 16.2. The minimum absolute atomic E-state index is 0.0495. The van der Waals surface area contributed by atoms with E-state index in [1.807, 2.05) is 25.1 Å². The smallest absolute Gasteiger partial charge is 0.256 e. The number of sulfonamides is 1. The van der Waals surface area contributed by atoms with Crippen molar-refractivity contribution in [3.05, 3.63) is 76.4 Å². The van der Waals surface area contributed by atoms with Crippen LogP contribution in [0.4, 0.5) is 5.82 Å². The summed E-state index contributed by atoms with van der Waals surface area (Å²) in [6.45, 7) is 2.68. The number of carbonyl (C=O) groups excluding carboxylic acids is 1. The Balaban J connectivity index is 1.46. The van der Waals surface area contributed by atoms with Crippen molar-refractivity contribution in [2.75, 3.05) is 18.4 Å². The standard InChI is InChI=1S/C23H25ClN4O3S/c1-16-13-22(27-26-16)25-23(29)19-7-8-20(24)21(15-19)32(30,31)28-11-9-18(10-12-28)14-17-5-3-2-4-6-17/h2-8,13,15,18H,9-12,14H2,1H3,(H2,25,26,27,29). The summed E-state index contributed by atoms with van der Waals surface area (Å²) >= 11 is 6.25. The highest BCUT2D eigenvalue weighted by molar-refractivity contribution is 7.89. The number of aryl methyl sites for hydroxylation is 1. The van der Waals surface area contributed by atoms with Crippen LogP contribution < -0.4 is 5.32 Å². The summed E-state index contributed by atoms with van der Waals surface area (Å²) in [5.41, 5.74) is 2.27. The number of piperidine rings is 1. The van der Waals surface area contributed by atoms with Crippen molar-refractivity contribution in [3.63, 3.8) is 0 Å². The molecule has 1 amide bonds. The Kier molecular flexibility index (Phi) is 6.64. The molecule has 2 N–H and O–H groups in total. The first-order chi connectivity index (χ1) is 15.3. The first kappa shape index (κ1) is 22.5. The fraction of sp³-hybridized carbons (Fsp3) is 0.304. The van der Waals surface area contributed by atoms with Crippen molar-refractivity contribution < 1.29 is 13.2 Å². The molecule has 1 aliphatic heterocycles. The van der Waals surface area contributed by atoms with Gasteiger partial charge in [-0.05, 0) is 55.9 Å². The van der Waals surface area contributed by atoms with Gasteiger partial charge in [0.25, 0.3) is 5.91 Å². The van der Waals surface area contributed by atoms with E-state index in [1.165, 1.54) is 28.1 Å². The number of aromatic nitrogens is 2. The molecule has 1 fully saturated rings. The number of aromatic amines is 1. The van der Waals surface area contributed by atoms with E-state index in [0.717, 1.165) is 25.0 Å². The average Bonchev–Trinajstić information content (AvgIpc) is 3.19. The lowest BCUT2D eigenvalue weighted by atomic mass is 9.91. The topological polar surface area (TPSA) is 95.2 Å². The Bertz CT molecular complexity index is 1200. The van der Waals surface area contributed by atoms with Gasteiger partial charge in [0.05, 0.1) is 5.02 Å². The fourth-order valence-corrected chi connectivity index (χ4v) is 5.92. The SMILES string of the molecule is Cc1cc(NC(=O)c2ccc(Cl)c(S(=O)(=O)N3CCC(Cc4ccccc4)CC3)c2)n[nH]1. The van der Waals surface area contributed by atoms with E-state index < -0.39 is 15.9 Å². The molecule has 1 aromatic heterocycles. The first-order valence-corrected chi connectivity index (χ1v) is 12.3. The second kappa shape index (κ2) is 9.44. The molecule has 2 aromatic carbocycles. The summed E-state index contributed by atoms with van der Waals surface area (Å²) in [7, 11) is -3.81. The van der Waals surface area contributed by atoms with Gasteiger partial charge in [0.1, 0.15) is 4.90 Å². The molecule has 168 valence electrons. The third kappa shape index (κ3) is 5.03. The summed E-state index contributed by atoms with van der Waals surface area (Å²) in [5.74, 6) is 0.354. The van der Waals surface area contributed by atoms with Gasteiger partial charge in [-0.2, -0.15) is 9.40 Å². The fourth-order valence-electron chi connectivity index (χ4n) is 3.95. The predicted molar refractivity (Wildman–Crippen MR) is 124 cm³/mol. The lowest BCUT2D eigenvalue weighted by molar-refractivity contribution is 0.102. The number of H-pyrrole nitrogens is 1. The maximum atomic E-state index is 13.3. The Labute approximate surface area is 192 Å². The molecule has 4 rings (SSSR count). The number of benzene rings is 2. The van der Waals surface area contributed by atoms with Crippen molar-refractivity contribution in [2.45, 2.75) is 31.1 Å². The molecule has 0 aliphatic carbocycles. The van der Waals surface area contributed by atoms with Crippen LogP contribution >= 0.6 is 11.6 Å². The predicted octanol–water partition coefficient (Wildman–Crippen LogP) is 4.27. The van der Waals surface area contributed by atoms with Crippen molar-refractivity contribution in [3.8, 4) is 0 Å². The number of rotatable bonds is 6. The summed E-state index contributed by atoms with van der Waals surface area (Å²) in [6.07, 6.45) is 2.51. The van der Waals surface area contributed by atoms with Gasteiger partial charge in [-0.25, -0.2) is 8.42 Å². The molecule has 2 heterocycles. The van der Waals surface area contributed by atoms with Crippen LogP contribution in [-0.4, -0.2) is 41.9 Å². The Morgan fingerprint density at radius 1 is 1.16 bits per heavy atom. The summed E-state index contributed by atoms with van der Waals surface area (Å²) in [5, 5.41) is 9.47. The molecular weight excluding hydrogens is 448 g/mol. The summed E-state index contributed by atoms with van der Waals surface area (Å²) in [4.78, 5) is 12.5. The van der Waals surface area contributed by atoms with Gasteiger partial charge in [0, 0.05) is 30.4 Å². The molecule has 0 spiro atoms. The molecule has 0 atom stereocenters. The minimum Gasteiger partial charge on any atom is -0.305 e. The van der Waals surface area contributed by atoms with E-state index in [-0.39, 0.29) is 15.5 Å². The Morgan fingerprint density at radius 2 is 1.88 bits per heavy atom. The molecule has 1 saturated heterocycles. The number of carbonyl (C=O) groups is 1. The Morgan fingerprint density at radius 3 is 2.53 bits per heavy atom. The van der Waals surface area contributed by atoms with E-state index in [9.17, 15) is 13.2 Å². The monoisotopic (exact) mass is 472 g/mol. The molecule has 0 unspecified atom stereocenters. The average molecular weight is 473 g/mol. The van der Waals surface area contributed by atoms with Crippen LogP contribution in [0.5, 0.6) is 0 Å². The van der Waals surface area contributed by atoms with Gasteiger partial charge in [-0.3, -0.25) is 9.89 Å². The van der Waals surface area contributed by atoms with Gasteiger partial charge >= 0.3 is 0 Å². The van der Waals surface area contributed by atoms with Crippen LogP contribution in [0.15, 0.2) is 59.5 Å². The van der Waals surface area contributed by atoms with E-state index in [0.29, 0.717) is 24.8 Å². The molecular formula is C23H25ClN4O3S. The first-order valence-electron chi connectivity index (χ1n) is 10.5. The van der Waals surface area contributed by atoms with E-state index in [2.05, 4.69) is 27.6 Å². The number of halogens is 1. The van der Waals surface area contributed by atoms with Gasteiger partial charge in [0.2, 0.25) is 10.0 Å². The number of nitrogens with zero attached hydrogens (tertiary/aromatic N) is 2. The zero-order valence-corrected chi connectivity index (χ0v) is 19.3. The van der Waals surface area contributed by atoms with E-state index in [4.69, 9.17) is 11.6 Å². The van der Waals surface area contributed by atoms with Gasteiger partial charge in [-0.1, -0.05) is 41.9 Å². The van der Waals surface area contributed by atoms with Crippen molar-refractivity contribution in [1.29, 1.82) is 0 Å². The highest BCUT2D eigenvalue weighted by Gasteiger charge is 2.31. The van der Waals surface area contributed by atoms with Crippen LogP contribution in [0, 0.1) is 12.8 Å². The minimum atomic E-state index is -3.81. The maximum absolute atomic E-state index is 13.3. The van der Waals surface area contributed by atoms with Crippen molar-refractivity contribution in [1.82, 2.24) is 14.5 Å². The quantitative estimate of drug-likeness (QED) is 0.560. The number of hydrogen-bond donors (Lipinski definition) is 2. The molecule has 0 bridgehead atoms. The molecule has 3 aromatic rings. The molecule has 9 heteroatoms. The second-order valence-electron chi connectivity index (χ2n) is 8.07. The molecule has 32 heavy (non-hydrogen) atoms. The highest BCUT2D eigenvalue weighted by atomic mass is 35.5. The number of amides is 1. The largest absolute Gasteiger partial charge is 0.305 e. The van der Waals surface area contributed by atoms with Crippen LogP contribution in [0.3, 0.4) is 0 Å². The van der Waals surface area contributed by atoms with Crippen LogP contribution in [0.2, 0.25) is 5.02 Å². The zero-order chi connectivity index (χ0) is 22.7. The highest BCUT2D eigenvalue weighted by Crippen LogP contribution is 2.30. The zero-order valence-electron chi connectivity index (χ0n) is 17.7. The molecule has 1 aliphatic rings. The van der Waals surface area contributed by atoms with Crippen LogP contribution in [0.25, 0.3) is 0 Å². The maximum Gasteiger partial charge on any atom is 0.256 e. The third-order valence-corrected chi connectivity index (χ3v) is 8.08. The van der Waals surface area contributed by atoms with Crippen LogP contribution in [-0.2, 0) is 16.4 Å². The van der Waals surface area contributed by atoms with Crippen molar-refractivity contribution in [2.24, 2.45) is 5.92 Å². The third-order valence-electron chi connectivity index (χ3n) is 5.70.